The number of aromatic nitrogens is 1. The van der Waals surface area contributed by atoms with Crippen LogP contribution in [-0.4, -0.2) is 24.0 Å². The average Bonchev–Trinajstić information content (AvgIpc) is 2.48. The summed E-state index contributed by atoms with van der Waals surface area (Å²) in [6.07, 6.45) is 7.56. The summed E-state index contributed by atoms with van der Waals surface area (Å²) in [5.74, 6) is 1.62. The Bertz CT molecular complexity index is 408. The normalized spacial score (nSPS) is 22.8. The second kappa shape index (κ2) is 6.55. The molecule has 2 rings (SSSR count). The van der Waals surface area contributed by atoms with Crippen molar-refractivity contribution >= 4 is 11.7 Å². The van der Waals surface area contributed by atoms with E-state index in [1.807, 2.05) is 19.2 Å². The van der Waals surface area contributed by atoms with Crippen LogP contribution in [0.5, 0.6) is 0 Å². The quantitative estimate of drug-likeness (QED) is 0.876. The van der Waals surface area contributed by atoms with Crippen molar-refractivity contribution in [3.8, 4) is 0 Å². The predicted molar refractivity (Wildman–Crippen MR) is 77.3 cm³/mol. The van der Waals surface area contributed by atoms with Crippen LogP contribution in [0.15, 0.2) is 18.3 Å². The van der Waals surface area contributed by atoms with Crippen molar-refractivity contribution in [2.75, 3.05) is 12.4 Å². The fourth-order valence-corrected chi connectivity index (χ4v) is 2.66. The minimum Gasteiger partial charge on any atom is -0.373 e. The standard InChI is InChI=1S/C15H23N3O/c1-3-11-4-7-13(8-5-11)18-15(19)12-6-9-14(16-2)17-10-12/h6,9-11,13H,3-5,7-8H2,1-2H3,(H,16,17)(H,18,19). The molecule has 0 unspecified atom stereocenters. The molecule has 1 heterocycles. The molecule has 104 valence electrons. The number of hydrogen-bond acceptors (Lipinski definition) is 3. The van der Waals surface area contributed by atoms with E-state index in [0.717, 1.165) is 24.6 Å². The monoisotopic (exact) mass is 261 g/mol. The summed E-state index contributed by atoms with van der Waals surface area (Å²) in [7, 11) is 1.81. The van der Waals surface area contributed by atoms with Crippen molar-refractivity contribution in [3.63, 3.8) is 0 Å². The van der Waals surface area contributed by atoms with E-state index < -0.39 is 0 Å². The lowest BCUT2D eigenvalue weighted by molar-refractivity contribution is 0.0921. The summed E-state index contributed by atoms with van der Waals surface area (Å²) in [6.45, 7) is 2.25. The van der Waals surface area contributed by atoms with Crippen LogP contribution in [0.2, 0.25) is 0 Å². The largest absolute Gasteiger partial charge is 0.373 e. The van der Waals surface area contributed by atoms with Gasteiger partial charge in [-0.2, -0.15) is 0 Å². The third-order valence-electron chi connectivity index (χ3n) is 4.04. The predicted octanol–water partition coefficient (Wildman–Crippen LogP) is 2.82. The lowest BCUT2D eigenvalue weighted by Gasteiger charge is -2.28. The molecule has 1 aliphatic rings. The fourth-order valence-electron chi connectivity index (χ4n) is 2.66. The van der Waals surface area contributed by atoms with Gasteiger partial charge in [-0.3, -0.25) is 4.79 Å². The number of amides is 1. The number of nitrogens with zero attached hydrogens (tertiary/aromatic N) is 1. The molecule has 1 fully saturated rings. The maximum atomic E-state index is 12.1. The Balaban J connectivity index is 1.87. The molecule has 1 amide bonds. The van der Waals surface area contributed by atoms with Crippen LogP contribution >= 0.6 is 0 Å². The lowest BCUT2D eigenvalue weighted by atomic mass is 9.84. The van der Waals surface area contributed by atoms with Gasteiger partial charge in [0.25, 0.3) is 5.91 Å². The van der Waals surface area contributed by atoms with Crippen LogP contribution in [0.25, 0.3) is 0 Å². The highest BCUT2D eigenvalue weighted by atomic mass is 16.1. The molecule has 4 nitrogen and oxygen atoms in total. The molecular formula is C15H23N3O. The molecule has 0 atom stereocenters. The Hall–Kier alpha value is -1.58. The van der Waals surface area contributed by atoms with Gasteiger partial charge in [-0.1, -0.05) is 13.3 Å². The molecule has 0 radical (unpaired) electrons. The van der Waals surface area contributed by atoms with Crippen LogP contribution in [0.1, 0.15) is 49.4 Å². The molecule has 0 saturated heterocycles. The van der Waals surface area contributed by atoms with Crippen molar-refractivity contribution in [3.05, 3.63) is 23.9 Å². The highest BCUT2D eigenvalue weighted by Crippen LogP contribution is 2.26. The molecular weight excluding hydrogens is 238 g/mol. The van der Waals surface area contributed by atoms with Gasteiger partial charge >= 0.3 is 0 Å². The van der Waals surface area contributed by atoms with Gasteiger partial charge in [0.2, 0.25) is 0 Å². The number of carbonyl (C=O) groups excluding carboxylic acids is 1. The Labute approximate surface area is 115 Å². The number of hydrogen-bond donors (Lipinski definition) is 2. The Morgan fingerprint density at radius 1 is 1.32 bits per heavy atom. The molecule has 4 heteroatoms. The van der Waals surface area contributed by atoms with Crippen LogP contribution in [0, 0.1) is 5.92 Å². The summed E-state index contributed by atoms with van der Waals surface area (Å²) < 4.78 is 0. The van der Waals surface area contributed by atoms with E-state index in [1.165, 1.54) is 19.3 Å². The van der Waals surface area contributed by atoms with E-state index in [1.54, 1.807) is 6.20 Å². The summed E-state index contributed by atoms with van der Waals surface area (Å²) in [5.41, 5.74) is 0.636. The first kappa shape index (κ1) is 13.8. The van der Waals surface area contributed by atoms with E-state index >= 15 is 0 Å². The first-order valence-electron chi connectivity index (χ1n) is 7.17. The topological polar surface area (TPSA) is 54.0 Å². The van der Waals surface area contributed by atoms with Crippen LogP contribution in [-0.2, 0) is 0 Å². The number of nitrogens with one attached hydrogen (secondary N) is 2. The highest BCUT2D eigenvalue weighted by Gasteiger charge is 2.21. The van der Waals surface area contributed by atoms with Crippen molar-refractivity contribution in [1.29, 1.82) is 0 Å². The summed E-state index contributed by atoms with van der Waals surface area (Å²) in [6, 6.07) is 3.97. The molecule has 2 N–H and O–H groups in total. The summed E-state index contributed by atoms with van der Waals surface area (Å²) in [4.78, 5) is 16.3. The number of rotatable bonds is 4. The first-order valence-corrected chi connectivity index (χ1v) is 7.17. The lowest BCUT2D eigenvalue weighted by Crippen LogP contribution is -2.37. The molecule has 1 aromatic heterocycles. The number of carbonyl (C=O) groups is 1. The second-order valence-electron chi connectivity index (χ2n) is 5.28. The molecule has 0 bridgehead atoms. The van der Waals surface area contributed by atoms with Gasteiger partial charge < -0.3 is 10.6 Å². The van der Waals surface area contributed by atoms with Crippen LogP contribution < -0.4 is 10.6 Å². The van der Waals surface area contributed by atoms with E-state index in [0.29, 0.717) is 11.6 Å². The van der Waals surface area contributed by atoms with Gasteiger partial charge in [0, 0.05) is 19.3 Å². The number of anilines is 1. The maximum Gasteiger partial charge on any atom is 0.253 e. The van der Waals surface area contributed by atoms with Gasteiger partial charge in [0.05, 0.1) is 5.56 Å². The average molecular weight is 261 g/mol. The van der Waals surface area contributed by atoms with Gasteiger partial charge in [-0.15, -0.1) is 0 Å². The van der Waals surface area contributed by atoms with Crippen LogP contribution in [0.3, 0.4) is 0 Å². The Morgan fingerprint density at radius 3 is 2.58 bits per heavy atom. The maximum absolute atomic E-state index is 12.1. The van der Waals surface area contributed by atoms with E-state index in [9.17, 15) is 4.79 Å². The van der Waals surface area contributed by atoms with Crippen LogP contribution in [0.4, 0.5) is 5.82 Å². The second-order valence-corrected chi connectivity index (χ2v) is 5.28. The molecule has 19 heavy (non-hydrogen) atoms. The van der Waals surface area contributed by atoms with E-state index in [4.69, 9.17) is 0 Å². The van der Waals surface area contributed by atoms with Gasteiger partial charge in [-0.05, 0) is 43.7 Å². The summed E-state index contributed by atoms with van der Waals surface area (Å²) in [5, 5.41) is 6.06. The molecule has 0 aliphatic heterocycles. The van der Waals surface area contributed by atoms with Crippen molar-refractivity contribution in [1.82, 2.24) is 10.3 Å². The zero-order valence-corrected chi connectivity index (χ0v) is 11.8. The molecule has 0 aromatic carbocycles. The highest BCUT2D eigenvalue weighted by molar-refractivity contribution is 5.94. The number of pyridine rings is 1. The fraction of sp³-hybridized carbons (Fsp3) is 0.600. The molecule has 1 aliphatic carbocycles. The Kier molecular flexibility index (Phi) is 4.77. The molecule has 0 spiro atoms. The minimum absolute atomic E-state index is 0.00454. The SMILES string of the molecule is CCC1CCC(NC(=O)c2ccc(NC)nc2)CC1. The van der Waals surface area contributed by atoms with Crippen molar-refractivity contribution in [2.24, 2.45) is 5.92 Å². The van der Waals surface area contributed by atoms with Gasteiger partial charge in [0.15, 0.2) is 0 Å². The van der Waals surface area contributed by atoms with E-state index in [-0.39, 0.29) is 5.91 Å². The van der Waals surface area contributed by atoms with E-state index in [2.05, 4.69) is 22.5 Å². The molecule has 1 aromatic rings. The van der Waals surface area contributed by atoms with Gasteiger partial charge in [-0.25, -0.2) is 4.98 Å². The smallest absolute Gasteiger partial charge is 0.253 e. The third-order valence-corrected chi connectivity index (χ3v) is 4.04. The minimum atomic E-state index is -0.00454. The van der Waals surface area contributed by atoms with Crippen molar-refractivity contribution < 1.29 is 4.79 Å². The van der Waals surface area contributed by atoms with Gasteiger partial charge in [0.1, 0.15) is 5.82 Å². The third kappa shape index (κ3) is 3.69. The summed E-state index contributed by atoms with van der Waals surface area (Å²) >= 11 is 0. The van der Waals surface area contributed by atoms with Crippen molar-refractivity contribution in [2.45, 2.75) is 45.1 Å². The Morgan fingerprint density at radius 2 is 2.05 bits per heavy atom. The zero-order valence-electron chi connectivity index (χ0n) is 11.8. The molecule has 1 saturated carbocycles. The zero-order chi connectivity index (χ0) is 13.7. The first-order chi connectivity index (χ1) is 9.22.